The van der Waals surface area contributed by atoms with Crippen molar-refractivity contribution in [1.82, 2.24) is 15.3 Å². The molecular formula is C21H23ClN4O3. The first-order chi connectivity index (χ1) is 14.0. The largest absolute Gasteiger partial charge is 0.496 e. The Balaban J connectivity index is 1.62. The molecule has 0 aliphatic rings. The number of rotatable bonds is 10. The van der Waals surface area contributed by atoms with E-state index in [4.69, 9.17) is 26.8 Å². The molecule has 0 bridgehead atoms. The maximum absolute atomic E-state index is 11.8. The van der Waals surface area contributed by atoms with Crippen LogP contribution in [-0.4, -0.2) is 29.0 Å². The summed E-state index contributed by atoms with van der Waals surface area (Å²) in [7, 11) is 1.59. The van der Waals surface area contributed by atoms with Gasteiger partial charge in [-0.1, -0.05) is 29.8 Å². The number of amides is 1. The molecule has 0 spiro atoms. The highest BCUT2D eigenvalue weighted by atomic mass is 35.5. The van der Waals surface area contributed by atoms with E-state index in [2.05, 4.69) is 15.3 Å². The Kier molecular flexibility index (Phi) is 7.10. The molecule has 29 heavy (non-hydrogen) atoms. The molecule has 7 nitrogen and oxygen atoms in total. The maximum atomic E-state index is 11.8. The monoisotopic (exact) mass is 414 g/mol. The molecule has 0 aliphatic heterocycles. The third kappa shape index (κ3) is 5.97. The SMILES string of the molecule is COc1cc(OCc2cccc(Cl)c2)ccc1CNC(Cc1cnc[nH]1)C(N)=O. The number of nitrogens with one attached hydrogen (secondary N) is 2. The minimum atomic E-state index is -0.529. The van der Waals surface area contributed by atoms with Gasteiger partial charge in [0.2, 0.25) is 5.91 Å². The van der Waals surface area contributed by atoms with Crippen molar-refractivity contribution in [1.29, 1.82) is 0 Å². The van der Waals surface area contributed by atoms with E-state index in [1.54, 1.807) is 19.6 Å². The van der Waals surface area contributed by atoms with Crippen molar-refractivity contribution in [2.24, 2.45) is 5.73 Å². The van der Waals surface area contributed by atoms with Crippen LogP contribution in [0.2, 0.25) is 5.02 Å². The zero-order valence-corrected chi connectivity index (χ0v) is 16.8. The number of aromatic nitrogens is 2. The van der Waals surface area contributed by atoms with Crippen LogP contribution in [0.5, 0.6) is 11.5 Å². The Labute approximate surface area is 174 Å². The molecule has 1 amide bonds. The first kappa shape index (κ1) is 20.7. The molecule has 3 rings (SSSR count). The molecule has 0 fully saturated rings. The van der Waals surface area contributed by atoms with Crippen molar-refractivity contribution in [3.63, 3.8) is 0 Å². The molecular weight excluding hydrogens is 392 g/mol. The predicted octanol–water partition coefficient (Wildman–Crippen LogP) is 2.84. The highest BCUT2D eigenvalue weighted by Crippen LogP contribution is 2.26. The van der Waals surface area contributed by atoms with Gasteiger partial charge in [0.1, 0.15) is 18.1 Å². The van der Waals surface area contributed by atoms with Crippen molar-refractivity contribution in [3.8, 4) is 11.5 Å². The highest BCUT2D eigenvalue weighted by molar-refractivity contribution is 6.30. The first-order valence-electron chi connectivity index (χ1n) is 9.09. The molecule has 8 heteroatoms. The average Bonchev–Trinajstić information content (AvgIpc) is 3.23. The van der Waals surface area contributed by atoms with E-state index in [-0.39, 0.29) is 0 Å². The molecule has 0 aliphatic carbocycles. The molecule has 1 heterocycles. The molecule has 0 saturated carbocycles. The van der Waals surface area contributed by atoms with E-state index in [0.29, 0.717) is 36.1 Å². The maximum Gasteiger partial charge on any atom is 0.234 e. The van der Waals surface area contributed by atoms with Crippen molar-refractivity contribution >= 4 is 17.5 Å². The number of nitrogens with two attached hydrogens (primary N) is 1. The van der Waals surface area contributed by atoms with Gasteiger partial charge in [0.25, 0.3) is 0 Å². The summed E-state index contributed by atoms with van der Waals surface area (Å²) in [6.07, 6.45) is 3.67. The second kappa shape index (κ2) is 9.95. The third-order valence-corrected chi connectivity index (χ3v) is 4.65. The van der Waals surface area contributed by atoms with E-state index < -0.39 is 11.9 Å². The minimum absolute atomic E-state index is 0.398. The smallest absolute Gasteiger partial charge is 0.234 e. The van der Waals surface area contributed by atoms with Gasteiger partial charge in [-0.15, -0.1) is 0 Å². The lowest BCUT2D eigenvalue weighted by atomic mass is 10.1. The van der Waals surface area contributed by atoms with Crippen LogP contribution in [0.4, 0.5) is 0 Å². The van der Waals surface area contributed by atoms with Gasteiger partial charge in [0, 0.05) is 41.5 Å². The Morgan fingerprint density at radius 2 is 2.17 bits per heavy atom. The number of hydrogen-bond donors (Lipinski definition) is 3. The Morgan fingerprint density at radius 3 is 2.86 bits per heavy atom. The van der Waals surface area contributed by atoms with Crippen LogP contribution in [0, 0.1) is 0 Å². The number of hydrogen-bond acceptors (Lipinski definition) is 5. The lowest BCUT2D eigenvalue weighted by Gasteiger charge is -2.17. The Bertz CT molecular complexity index is 947. The number of nitrogens with zero attached hydrogens (tertiary/aromatic N) is 1. The summed E-state index contributed by atoms with van der Waals surface area (Å²) in [4.78, 5) is 18.7. The number of methoxy groups -OCH3 is 1. The average molecular weight is 415 g/mol. The fourth-order valence-electron chi connectivity index (χ4n) is 2.88. The van der Waals surface area contributed by atoms with Crippen molar-refractivity contribution < 1.29 is 14.3 Å². The van der Waals surface area contributed by atoms with E-state index in [1.165, 1.54) is 0 Å². The van der Waals surface area contributed by atoms with Crippen LogP contribution in [-0.2, 0) is 24.4 Å². The third-order valence-electron chi connectivity index (χ3n) is 4.41. The summed E-state index contributed by atoms with van der Waals surface area (Å²) in [6, 6.07) is 12.6. The van der Waals surface area contributed by atoms with Crippen molar-refractivity contribution in [2.45, 2.75) is 25.6 Å². The van der Waals surface area contributed by atoms with Gasteiger partial charge in [0.15, 0.2) is 0 Å². The van der Waals surface area contributed by atoms with Crippen molar-refractivity contribution in [3.05, 3.63) is 76.8 Å². The zero-order chi connectivity index (χ0) is 20.6. The number of H-pyrrole nitrogens is 1. The van der Waals surface area contributed by atoms with E-state index in [1.807, 2.05) is 42.5 Å². The molecule has 1 unspecified atom stereocenters. The molecule has 2 aromatic carbocycles. The van der Waals surface area contributed by atoms with Crippen LogP contribution in [0.1, 0.15) is 16.8 Å². The second-order valence-electron chi connectivity index (χ2n) is 6.51. The van der Waals surface area contributed by atoms with Gasteiger partial charge in [-0.05, 0) is 23.8 Å². The fourth-order valence-corrected chi connectivity index (χ4v) is 3.09. The minimum Gasteiger partial charge on any atom is -0.496 e. The number of aromatic amines is 1. The van der Waals surface area contributed by atoms with E-state index in [0.717, 1.165) is 16.8 Å². The molecule has 0 saturated heterocycles. The highest BCUT2D eigenvalue weighted by Gasteiger charge is 2.17. The van der Waals surface area contributed by atoms with Crippen LogP contribution in [0.15, 0.2) is 55.0 Å². The van der Waals surface area contributed by atoms with Gasteiger partial charge in [-0.25, -0.2) is 4.98 Å². The van der Waals surface area contributed by atoms with Crippen molar-refractivity contribution in [2.75, 3.05) is 7.11 Å². The second-order valence-corrected chi connectivity index (χ2v) is 6.95. The molecule has 0 radical (unpaired) electrons. The topological polar surface area (TPSA) is 102 Å². The van der Waals surface area contributed by atoms with Gasteiger partial charge in [0.05, 0.1) is 19.5 Å². The summed E-state index contributed by atoms with van der Waals surface area (Å²) >= 11 is 6.00. The number of halogens is 1. The Morgan fingerprint density at radius 1 is 1.31 bits per heavy atom. The van der Waals surface area contributed by atoms with Crippen LogP contribution in [0.25, 0.3) is 0 Å². The van der Waals surface area contributed by atoms with Gasteiger partial charge >= 0.3 is 0 Å². The number of primary amides is 1. The summed E-state index contributed by atoms with van der Waals surface area (Å²) in [6.45, 7) is 0.814. The summed E-state index contributed by atoms with van der Waals surface area (Å²) in [5, 5.41) is 3.84. The summed E-state index contributed by atoms with van der Waals surface area (Å²) < 4.78 is 11.3. The zero-order valence-electron chi connectivity index (χ0n) is 16.0. The van der Waals surface area contributed by atoms with Crippen LogP contribution in [0.3, 0.4) is 0 Å². The van der Waals surface area contributed by atoms with E-state index >= 15 is 0 Å². The normalized spacial score (nSPS) is 11.8. The van der Waals surface area contributed by atoms with Crippen LogP contribution >= 0.6 is 11.6 Å². The Hall–Kier alpha value is -3.03. The van der Waals surface area contributed by atoms with Gasteiger partial charge in [-0.2, -0.15) is 0 Å². The lowest BCUT2D eigenvalue weighted by molar-refractivity contribution is -0.120. The lowest BCUT2D eigenvalue weighted by Crippen LogP contribution is -2.42. The molecule has 3 aromatic rings. The number of benzene rings is 2. The summed E-state index contributed by atoms with van der Waals surface area (Å²) in [5.74, 6) is 0.903. The molecule has 4 N–H and O–H groups in total. The number of imidazole rings is 1. The van der Waals surface area contributed by atoms with Gasteiger partial charge in [-0.3, -0.25) is 4.79 Å². The number of carbonyl (C=O) groups excluding carboxylic acids is 1. The molecule has 1 atom stereocenters. The van der Waals surface area contributed by atoms with Gasteiger partial charge < -0.3 is 25.5 Å². The van der Waals surface area contributed by atoms with Crippen LogP contribution < -0.4 is 20.5 Å². The predicted molar refractivity (Wildman–Crippen MR) is 111 cm³/mol. The first-order valence-corrected chi connectivity index (χ1v) is 9.47. The van der Waals surface area contributed by atoms with E-state index in [9.17, 15) is 4.79 Å². The number of carbonyl (C=O) groups is 1. The number of ether oxygens (including phenoxy) is 2. The molecule has 152 valence electrons. The quantitative estimate of drug-likeness (QED) is 0.473. The summed E-state index contributed by atoms with van der Waals surface area (Å²) in [5.41, 5.74) is 8.22. The molecule has 1 aromatic heterocycles. The fraction of sp³-hybridized carbons (Fsp3) is 0.238. The standard InChI is InChI=1S/C21H23ClN4O3/c1-28-20-9-18(29-12-14-3-2-4-16(22)7-14)6-5-15(20)10-25-19(21(23)27)8-17-11-24-13-26-17/h2-7,9,11,13,19,25H,8,10,12H2,1H3,(H2,23,27)(H,24,26).